The van der Waals surface area contributed by atoms with Crippen LogP contribution in [0.25, 0.3) is 11.3 Å². The molecule has 2 aromatic heterocycles. The second kappa shape index (κ2) is 13.3. The van der Waals surface area contributed by atoms with E-state index in [1.807, 2.05) is 18.3 Å². The number of likely N-dealkylation sites (tertiary alicyclic amines) is 1. The zero-order valence-electron chi connectivity index (χ0n) is 29.9. The van der Waals surface area contributed by atoms with E-state index < -0.39 is 8.32 Å². The van der Waals surface area contributed by atoms with E-state index in [-0.39, 0.29) is 10.5 Å². The van der Waals surface area contributed by atoms with E-state index in [4.69, 9.17) is 24.0 Å². The van der Waals surface area contributed by atoms with Gasteiger partial charge in [-0.2, -0.15) is 10.4 Å². The smallest absolute Gasteiger partial charge is 0.227 e. The van der Waals surface area contributed by atoms with Crippen molar-refractivity contribution in [3.05, 3.63) is 41.7 Å². The first-order valence-corrected chi connectivity index (χ1v) is 20.6. The van der Waals surface area contributed by atoms with Gasteiger partial charge in [-0.25, -0.2) is 14.6 Å². The van der Waals surface area contributed by atoms with Gasteiger partial charge in [0.1, 0.15) is 11.8 Å². The number of benzene rings is 1. The molecule has 1 aromatic carbocycles. The van der Waals surface area contributed by atoms with E-state index in [1.54, 1.807) is 6.20 Å². The molecule has 13 heteroatoms. The Bertz CT molecular complexity index is 1700. The number of nitrogens with one attached hydrogen (secondary N) is 2. The molecule has 2 unspecified atom stereocenters. The number of anilines is 4. The first-order chi connectivity index (χ1) is 23.4. The molecule has 0 saturated carbocycles. The maximum absolute atomic E-state index is 10.2. The summed E-state index contributed by atoms with van der Waals surface area (Å²) in [5.74, 6) is 2.84. The van der Waals surface area contributed by atoms with Crippen molar-refractivity contribution >= 4 is 31.5 Å². The second-order valence-corrected chi connectivity index (χ2v) is 20.7. The van der Waals surface area contributed by atoms with Gasteiger partial charge in [0.15, 0.2) is 14.1 Å². The van der Waals surface area contributed by atoms with E-state index in [9.17, 15) is 5.26 Å². The number of nitrogens with zero attached hydrogens (tertiary/aromatic N) is 7. The summed E-state index contributed by atoms with van der Waals surface area (Å²) in [5, 5.41) is 22.2. The highest BCUT2D eigenvalue weighted by molar-refractivity contribution is 6.74. The molecule has 0 radical (unpaired) electrons. The maximum Gasteiger partial charge on any atom is 0.227 e. The van der Waals surface area contributed by atoms with Crippen molar-refractivity contribution in [3.63, 3.8) is 0 Å². The number of fused-ring (bicyclic) bond motifs is 2. The van der Waals surface area contributed by atoms with Crippen LogP contribution in [0.2, 0.25) is 18.1 Å². The van der Waals surface area contributed by atoms with Gasteiger partial charge in [-0.05, 0) is 41.9 Å². The van der Waals surface area contributed by atoms with Gasteiger partial charge in [-0.1, -0.05) is 27.7 Å². The highest BCUT2D eigenvalue weighted by atomic mass is 28.4. The molecule has 3 atom stereocenters. The number of nitriles is 1. The van der Waals surface area contributed by atoms with Gasteiger partial charge in [0.25, 0.3) is 0 Å². The lowest BCUT2D eigenvalue weighted by atomic mass is 9.83. The third-order valence-electron chi connectivity index (χ3n) is 11.4. The molecule has 0 spiro atoms. The van der Waals surface area contributed by atoms with Gasteiger partial charge < -0.3 is 34.3 Å². The molecule has 6 heterocycles. The maximum atomic E-state index is 10.2. The molecule has 0 bridgehead atoms. The fourth-order valence-corrected chi connectivity index (χ4v) is 8.36. The third-order valence-corrected chi connectivity index (χ3v) is 15.9. The van der Waals surface area contributed by atoms with Crippen LogP contribution in [0.5, 0.6) is 0 Å². The highest BCUT2D eigenvalue weighted by Gasteiger charge is 2.42. The number of aromatic nitrogens is 4. The molecule has 7 rings (SSSR count). The average molecular weight is 686 g/mol. The van der Waals surface area contributed by atoms with Crippen LogP contribution in [0.4, 0.5) is 23.1 Å². The molecule has 3 aromatic rings. The van der Waals surface area contributed by atoms with Gasteiger partial charge in [0.2, 0.25) is 5.95 Å². The largest absolute Gasteiger partial charge is 0.416 e. The highest BCUT2D eigenvalue weighted by Crippen LogP contribution is 2.44. The molecular formula is C36H51N9O3Si. The van der Waals surface area contributed by atoms with Crippen molar-refractivity contribution in [2.24, 2.45) is 11.8 Å². The lowest BCUT2D eigenvalue weighted by molar-refractivity contribution is 0.122. The fraction of sp³-hybridized carbons (Fsp3) is 0.611. The second-order valence-electron chi connectivity index (χ2n) is 15.9. The summed E-state index contributed by atoms with van der Waals surface area (Å²) in [6, 6.07) is 8.43. The SMILES string of the molecule is CC(C)(C)[Si](C)(C)OC[C@@]1(C)CNc2c(C#N)cc(-c3ccnc(Nc4cnn(CCN5CC6COCC6C5)c4N4CCOCC4)n3)cc21. The van der Waals surface area contributed by atoms with E-state index in [0.29, 0.717) is 49.7 Å². The summed E-state index contributed by atoms with van der Waals surface area (Å²) in [7, 11) is -1.96. The molecule has 3 saturated heterocycles. The monoisotopic (exact) mass is 685 g/mol. The average Bonchev–Trinajstić information content (AvgIpc) is 3.86. The van der Waals surface area contributed by atoms with E-state index in [2.05, 4.69) is 83.0 Å². The molecular weight excluding hydrogens is 635 g/mol. The third kappa shape index (κ3) is 6.81. The summed E-state index contributed by atoms with van der Waals surface area (Å²) in [6.45, 7) is 23.6. The van der Waals surface area contributed by atoms with Crippen LogP contribution in [-0.2, 0) is 25.9 Å². The predicted molar refractivity (Wildman–Crippen MR) is 194 cm³/mol. The van der Waals surface area contributed by atoms with Crippen molar-refractivity contribution in [1.29, 1.82) is 5.26 Å². The Morgan fingerprint density at radius 1 is 1.12 bits per heavy atom. The topological polar surface area (TPSA) is 126 Å². The summed E-state index contributed by atoms with van der Waals surface area (Å²) in [6.07, 6.45) is 3.66. The van der Waals surface area contributed by atoms with E-state index >= 15 is 0 Å². The Morgan fingerprint density at radius 3 is 2.59 bits per heavy atom. The molecule has 3 fully saturated rings. The van der Waals surface area contributed by atoms with Crippen molar-refractivity contribution in [2.45, 2.75) is 57.8 Å². The van der Waals surface area contributed by atoms with E-state index in [1.165, 1.54) is 0 Å². The summed E-state index contributed by atoms with van der Waals surface area (Å²) in [5.41, 5.74) is 4.84. The molecule has 12 nitrogen and oxygen atoms in total. The molecule has 2 N–H and O–H groups in total. The normalized spacial score (nSPS) is 24.1. The number of hydrogen-bond donors (Lipinski definition) is 2. The van der Waals surface area contributed by atoms with Crippen LogP contribution in [0.3, 0.4) is 0 Å². The van der Waals surface area contributed by atoms with Gasteiger partial charge in [0.05, 0.1) is 56.1 Å². The number of rotatable bonds is 10. The van der Waals surface area contributed by atoms with Gasteiger partial charge in [0, 0.05) is 74.9 Å². The van der Waals surface area contributed by atoms with Crippen LogP contribution in [0.1, 0.15) is 38.8 Å². The molecule has 49 heavy (non-hydrogen) atoms. The van der Waals surface area contributed by atoms with E-state index in [0.717, 1.165) is 86.5 Å². The van der Waals surface area contributed by atoms with Crippen LogP contribution >= 0.6 is 0 Å². The molecule has 4 aliphatic heterocycles. The van der Waals surface area contributed by atoms with Crippen molar-refractivity contribution < 1.29 is 13.9 Å². The summed E-state index contributed by atoms with van der Waals surface area (Å²) in [4.78, 5) is 14.5. The Labute approximate surface area is 291 Å². The molecule has 0 amide bonds. The van der Waals surface area contributed by atoms with Gasteiger partial charge >= 0.3 is 0 Å². The quantitative estimate of drug-likeness (QED) is 0.278. The Morgan fingerprint density at radius 2 is 1.88 bits per heavy atom. The lowest BCUT2D eigenvalue weighted by Gasteiger charge is -2.39. The zero-order valence-corrected chi connectivity index (χ0v) is 30.9. The van der Waals surface area contributed by atoms with Crippen molar-refractivity contribution in [3.8, 4) is 17.3 Å². The minimum atomic E-state index is -1.96. The summed E-state index contributed by atoms with van der Waals surface area (Å²) >= 11 is 0. The zero-order chi connectivity index (χ0) is 34.4. The molecule has 4 aliphatic rings. The Balaban J connectivity index is 1.13. The summed E-state index contributed by atoms with van der Waals surface area (Å²) < 4.78 is 20.2. The number of ether oxygens (including phenoxy) is 2. The molecule has 262 valence electrons. The Hall–Kier alpha value is -3.54. The van der Waals surface area contributed by atoms with Gasteiger partial charge in [-0.3, -0.25) is 0 Å². The Kier molecular flexibility index (Phi) is 9.21. The van der Waals surface area contributed by atoms with Crippen molar-refractivity contribution in [2.75, 3.05) is 87.8 Å². The van der Waals surface area contributed by atoms with Gasteiger partial charge in [-0.15, -0.1) is 0 Å². The first kappa shape index (κ1) is 33.9. The number of hydrogen-bond acceptors (Lipinski definition) is 11. The van der Waals surface area contributed by atoms with Crippen molar-refractivity contribution in [1.82, 2.24) is 24.6 Å². The standard InChI is InChI=1S/C36H51N9O3Si/c1-35(2,3)49(5,6)48-24-36(4)23-39-32-26(17-37)15-25(16-29(32)36)30-7-8-38-34(41-30)42-31-18-40-45(33(31)44-11-13-46-14-12-44)10-9-43-19-27-21-47-22-28(27)20-43/h7-8,15-16,18,27-28,39H,9-14,19-24H2,1-6H3,(H,38,41,42)/t27?,28?,36-/m1/s1. The molecule has 0 aliphatic carbocycles. The predicted octanol–water partition coefficient (Wildman–Crippen LogP) is 5.08. The van der Waals surface area contributed by atoms with Crippen LogP contribution in [-0.4, -0.2) is 105 Å². The lowest BCUT2D eigenvalue weighted by Crippen LogP contribution is -2.45. The van der Waals surface area contributed by atoms with Crippen LogP contribution in [0, 0.1) is 23.2 Å². The fourth-order valence-electron chi connectivity index (χ4n) is 7.25. The number of morpholine rings is 1. The van der Waals surface area contributed by atoms with Crippen LogP contribution < -0.4 is 15.5 Å². The minimum absolute atomic E-state index is 0.114. The van der Waals surface area contributed by atoms with Crippen LogP contribution in [0.15, 0.2) is 30.6 Å². The minimum Gasteiger partial charge on any atom is -0.416 e. The first-order valence-electron chi connectivity index (χ1n) is 17.7.